The van der Waals surface area contributed by atoms with Crippen LogP contribution in [-0.4, -0.2) is 46.5 Å². The van der Waals surface area contributed by atoms with Crippen molar-refractivity contribution in [1.29, 1.82) is 0 Å². The predicted octanol–water partition coefficient (Wildman–Crippen LogP) is 1.61. The van der Waals surface area contributed by atoms with Crippen LogP contribution in [0.2, 0.25) is 0 Å². The molecule has 152 valence electrons. The molecule has 1 fully saturated rings. The fraction of sp³-hybridized carbons (Fsp3) is 0.316. The molecular weight excluding hydrogens is 380 g/mol. The summed E-state index contributed by atoms with van der Waals surface area (Å²) in [7, 11) is 0. The maximum Gasteiger partial charge on any atom is 0.339 e. The number of nitrogens with one attached hydrogen (secondary N) is 2. The van der Waals surface area contributed by atoms with E-state index in [0.29, 0.717) is 11.3 Å². The van der Waals surface area contributed by atoms with Crippen LogP contribution in [0.1, 0.15) is 35.0 Å². The van der Waals surface area contributed by atoms with Crippen LogP contribution in [0.4, 0.5) is 10.6 Å². The largest absolute Gasteiger partial charge is 0.449 e. The molecule has 10 heteroatoms. The van der Waals surface area contributed by atoms with Crippen LogP contribution in [0.25, 0.3) is 0 Å². The Labute approximate surface area is 166 Å². The Bertz CT molecular complexity index is 938. The molecule has 0 aliphatic carbocycles. The third kappa shape index (κ3) is 4.60. The highest BCUT2D eigenvalue weighted by Gasteiger charge is 2.30. The van der Waals surface area contributed by atoms with E-state index in [1.54, 1.807) is 38.1 Å². The number of imide groups is 1. The first-order chi connectivity index (χ1) is 13.9. The van der Waals surface area contributed by atoms with E-state index in [1.165, 1.54) is 6.07 Å². The number of esters is 1. The average molecular weight is 400 g/mol. The number of nitrogens with zero attached hydrogens (tertiary/aromatic N) is 2. The summed E-state index contributed by atoms with van der Waals surface area (Å²) in [6.07, 6.45) is -0.812. The number of benzene rings is 1. The Hall–Kier alpha value is -3.69. The monoisotopic (exact) mass is 400 g/mol. The molecule has 0 radical (unpaired) electrons. The number of hydrogen-bond acceptors (Lipinski definition) is 7. The van der Waals surface area contributed by atoms with Gasteiger partial charge in [-0.2, -0.15) is 0 Å². The fourth-order valence-corrected chi connectivity index (χ4v) is 2.79. The molecular formula is C19H20N4O6. The first kappa shape index (κ1) is 20.1. The van der Waals surface area contributed by atoms with Crippen molar-refractivity contribution in [2.24, 2.45) is 0 Å². The molecule has 0 saturated carbocycles. The zero-order valence-electron chi connectivity index (χ0n) is 15.9. The number of carbonyl (C=O) groups excluding carboxylic acids is 4. The molecule has 1 aliphatic heterocycles. The van der Waals surface area contributed by atoms with Crippen molar-refractivity contribution in [3.05, 3.63) is 47.2 Å². The second-order valence-electron chi connectivity index (χ2n) is 6.41. The van der Waals surface area contributed by atoms with E-state index in [0.717, 1.165) is 4.90 Å². The molecule has 0 bridgehead atoms. The second-order valence-corrected chi connectivity index (χ2v) is 6.41. The standard InChI is InChI=1S/C19H20N4O6/c1-3-14(17(25)21-15-8-11(2)29-22-15)28-18(26)13-7-5-4-6-12(13)10-23-16(24)9-20-19(23)27/h4-8,14H,3,9-10H2,1-2H3,(H,20,27)(H,21,22,25)/t14-/m1/s1. The summed E-state index contributed by atoms with van der Waals surface area (Å²) < 4.78 is 10.3. The normalized spacial score (nSPS) is 14.5. The average Bonchev–Trinajstić information content (AvgIpc) is 3.25. The predicted molar refractivity (Wildman–Crippen MR) is 99.8 cm³/mol. The van der Waals surface area contributed by atoms with E-state index in [1.807, 2.05) is 0 Å². The van der Waals surface area contributed by atoms with Gasteiger partial charge >= 0.3 is 12.0 Å². The highest BCUT2D eigenvalue weighted by molar-refractivity contribution is 6.02. The maximum atomic E-state index is 12.7. The van der Waals surface area contributed by atoms with Gasteiger partial charge in [0.05, 0.1) is 18.7 Å². The maximum absolute atomic E-state index is 12.7. The lowest BCUT2D eigenvalue weighted by Crippen LogP contribution is -2.33. The molecule has 4 amide bonds. The van der Waals surface area contributed by atoms with Gasteiger partial charge in [-0.3, -0.25) is 14.5 Å². The van der Waals surface area contributed by atoms with E-state index < -0.39 is 24.0 Å². The number of anilines is 1. The van der Waals surface area contributed by atoms with Gasteiger partial charge in [0.15, 0.2) is 11.9 Å². The minimum atomic E-state index is -1.05. The smallest absolute Gasteiger partial charge is 0.339 e. The minimum absolute atomic E-state index is 0.0723. The minimum Gasteiger partial charge on any atom is -0.449 e. The number of urea groups is 1. The van der Waals surface area contributed by atoms with E-state index in [-0.39, 0.29) is 36.8 Å². The lowest BCUT2D eigenvalue weighted by Gasteiger charge is -2.18. The molecule has 2 heterocycles. The lowest BCUT2D eigenvalue weighted by atomic mass is 10.1. The summed E-state index contributed by atoms with van der Waals surface area (Å²) in [5.41, 5.74) is 0.605. The quantitative estimate of drug-likeness (QED) is 0.533. The summed E-state index contributed by atoms with van der Waals surface area (Å²) in [6, 6.07) is 7.47. The molecule has 0 spiro atoms. The van der Waals surface area contributed by atoms with Gasteiger partial charge < -0.3 is 19.9 Å². The third-order valence-electron chi connectivity index (χ3n) is 4.29. The Morgan fingerprint density at radius 2 is 2.10 bits per heavy atom. The van der Waals surface area contributed by atoms with Crippen LogP contribution in [0.3, 0.4) is 0 Å². The van der Waals surface area contributed by atoms with Crippen molar-refractivity contribution < 1.29 is 28.4 Å². The summed E-state index contributed by atoms with van der Waals surface area (Å²) in [5.74, 6) is -0.903. The lowest BCUT2D eigenvalue weighted by molar-refractivity contribution is -0.125. The van der Waals surface area contributed by atoms with Crippen molar-refractivity contribution >= 4 is 29.6 Å². The molecule has 2 aromatic rings. The molecule has 1 saturated heterocycles. The molecule has 2 N–H and O–H groups in total. The van der Waals surface area contributed by atoms with Crippen molar-refractivity contribution in [2.75, 3.05) is 11.9 Å². The number of hydrogen-bond donors (Lipinski definition) is 2. The Kier molecular flexibility index (Phi) is 5.91. The van der Waals surface area contributed by atoms with Gasteiger partial charge in [-0.15, -0.1) is 0 Å². The van der Waals surface area contributed by atoms with Crippen LogP contribution in [0.15, 0.2) is 34.9 Å². The molecule has 1 aromatic carbocycles. The van der Waals surface area contributed by atoms with Gasteiger partial charge in [-0.25, -0.2) is 9.59 Å². The van der Waals surface area contributed by atoms with E-state index in [2.05, 4.69) is 15.8 Å². The number of amides is 4. The first-order valence-corrected chi connectivity index (χ1v) is 9.00. The molecule has 10 nitrogen and oxygen atoms in total. The van der Waals surface area contributed by atoms with Crippen molar-refractivity contribution in [3.8, 4) is 0 Å². The van der Waals surface area contributed by atoms with Gasteiger partial charge in [0.1, 0.15) is 5.76 Å². The number of aryl methyl sites for hydroxylation is 1. The first-order valence-electron chi connectivity index (χ1n) is 9.00. The zero-order valence-corrected chi connectivity index (χ0v) is 15.9. The van der Waals surface area contributed by atoms with E-state index in [4.69, 9.17) is 9.26 Å². The zero-order chi connectivity index (χ0) is 21.0. The summed E-state index contributed by atoms with van der Waals surface area (Å²) in [5, 5.41) is 8.63. The van der Waals surface area contributed by atoms with Crippen LogP contribution in [0.5, 0.6) is 0 Å². The van der Waals surface area contributed by atoms with Crippen molar-refractivity contribution in [2.45, 2.75) is 32.9 Å². The second kappa shape index (κ2) is 8.55. The van der Waals surface area contributed by atoms with E-state index >= 15 is 0 Å². The molecule has 1 aliphatic rings. The van der Waals surface area contributed by atoms with Crippen LogP contribution in [-0.2, 0) is 20.9 Å². The molecule has 1 atom stereocenters. The van der Waals surface area contributed by atoms with Gasteiger partial charge in [-0.1, -0.05) is 30.3 Å². The van der Waals surface area contributed by atoms with Crippen LogP contribution in [0, 0.1) is 6.92 Å². The third-order valence-corrected chi connectivity index (χ3v) is 4.29. The van der Waals surface area contributed by atoms with Gasteiger partial charge in [-0.05, 0) is 25.0 Å². The van der Waals surface area contributed by atoms with E-state index in [9.17, 15) is 19.2 Å². The summed E-state index contributed by atoms with van der Waals surface area (Å²) in [4.78, 5) is 49.7. The van der Waals surface area contributed by atoms with Crippen molar-refractivity contribution in [3.63, 3.8) is 0 Å². The van der Waals surface area contributed by atoms with Gasteiger partial charge in [0.25, 0.3) is 5.91 Å². The molecule has 0 unspecified atom stereocenters. The molecule has 29 heavy (non-hydrogen) atoms. The molecule has 1 aromatic heterocycles. The van der Waals surface area contributed by atoms with Crippen LogP contribution >= 0.6 is 0 Å². The Morgan fingerprint density at radius 3 is 2.72 bits per heavy atom. The highest BCUT2D eigenvalue weighted by Crippen LogP contribution is 2.17. The van der Waals surface area contributed by atoms with Crippen molar-refractivity contribution in [1.82, 2.24) is 15.4 Å². The molecule has 3 rings (SSSR count). The summed E-state index contributed by atoms with van der Waals surface area (Å²) in [6.45, 7) is 3.23. The van der Waals surface area contributed by atoms with Crippen LogP contribution < -0.4 is 10.6 Å². The number of rotatable bonds is 7. The SMILES string of the molecule is CC[C@@H](OC(=O)c1ccccc1CN1C(=O)CNC1=O)C(=O)Nc1cc(C)on1. The topological polar surface area (TPSA) is 131 Å². The number of aromatic nitrogens is 1. The fourth-order valence-electron chi connectivity index (χ4n) is 2.79. The van der Waals surface area contributed by atoms with Gasteiger partial charge in [0, 0.05) is 6.07 Å². The highest BCUT2D eigenvalue weighted by atomic mass is 16.5. The van der Waals surface area contributed by atoms with Gasteiger partial charge in [0.2, 0.25) is 5.91 Å². The number of carbonyl (C=O) groups is 4. The number of ether oxygens (including phenoxy) is 1. The summed E-state index contributed by atoms with van der Waals surface area (Å²) >= 11 is 0. The Balaban J connectivity index is 1.71. The Morgan fingerprint density at radius 1 is 1.34 bits per heavy atom.